The fraction of sp³-hybridized carbons (Fsp3) is 0.591. The topological polar surface area (TPSA) is 26.9 Å². The number of nitrogens with zero attached hydrogens (tertiary/aromatic N) is 2. The van der Waals surface area contributed by atoms with E-state index in [1.807, 2.05) is 0 Å². The highest BCUT2D eigenvalue weighted by Crippen LogP contribution is 2.67. The maximum atomic E-state index is 14.6. The smallest absolute Gasteiger partial charge is 0.275 e. The Bertz CT molecular complexity index is 998. The fourth-order valence-electron chi connectivity index (χ4n) is 5.87. The van der Waals surface area contributed by atoms with Gasteiger partial charge in [0.15, 0.2) is 5.82 Å². The number of halogens is 2. The van der Waals surface area contributed by atoms with Gasteiger partial charge in [-0.25, -0.2) is 13.5 Å². The Hall–Kier alpha value is -1.91. The second kappa shape index (κ2) is 5.33. The molecule has 0 aliphatic heterocycles. The van der Waals surface area contributed by atoms with Gasteiger partial charge < -0.3 is 0 Å². The van der Waals surface area contributed by atoms with Crippen molar-refractivity contribution in [3.63, 3.8) is 0 Å². The average molecular weight is 372 g/mol. The first-order valence-corrected chi connectivity index (χ1v) is 10.1. The van der Waals surface area contributed by atoms with Crippen LogP contribution in [0.3, 0.4) is 0 Å². The van der Waals surface area contributed by atoms with E-state index in [1.54, 1.807) is 0 Å². The molecule has 0 radical (unpaired) electrons. The zero-order valence-corrected chi connectivity index (χ0v) is 16.2. The molecule has 2 aromatic rings. The minimum absolute atomic E-state index is 0.0264. The summed E-state index contributed by atoms with van der Waals surface area (Å²) in [5.41, 5.74) is 1.96. The normalized spacial score (nSPS) is 28.4. The zero-order valence-electron chi connectivity index (χ0n) is 16.2. The third-order valence-corrected chi connectivity index (χ3v) is 8.07. The molecule has 2 atom stereocenters. The van der Waals surface area contributed by atoms with Crippen LogP contribution in [0, 0.1) is 23.0 Å². The summed E-state index contributed by atoms with van der Waals surface area (Å²) in [5.74, 6) is -0.564. The predicted octanol–water partition coefficient (Wildman–Crippen LogP) is 4.89. The third kappa shape index (κ3) is 2.03. The van der Waals surface area contributed by atoms with E-state index in [4.69, 9.17) is 0 Å². The SMILES string of the molecule is CC1(C)[C@@H]2CC[C@@]1(C)c1c2c(=O)n(-c2ccc(F)cc2F)n1CC1CCC1. The van der Waals surface area contributed by atoms with Gasteiger partial charge >= 0.3 is 0 Å². The van der Waals surface area contributed by atoms with Gasteiger partial charge in [0.1, 0.15) is 11.5 Å². The van der Waals surface area contributed by atoms with E-state index in [-0.39, 0.29) is 28.0 Å². The summed E-state index contributed by atoms with van der Waals surface area (Å²) in [6.45, 7) is 7.53. The van der Waals surface area contributed by atoms with Gasteiger partial charge in [-0.1, -0.05) is 27.2 Å². The van der Waals surface area contributed by atoms with Crippen molar-refractivity contribution in [3.05, 3.63) is 51.4 Å². The quantitative estimate of drug-likeness (QED) is 0.753. The lowest BCUT2D eigenvalue weighted by atomic mass is 9.70. The third-order valence-electron chi connectivity index (χ3n) is 8.07. The molecule has 1 heterocycles. The molecule has 1 aromatic heterocycles. The Morgan fingerprint density at radius 3 is 2.52 bits per heavy atom. The van der Waals surface area contributed by atoms with Crippen molar-refractivity contribution >= 4 is 0 Å². The first-order valence-electron chi connectivity index (χ1n) is 10.1. The van der Waals surface area contributed by atoms with Gasteiger partial charge in [0.2, 0.25) is 0 Å². The molecule has 2 fully saturated rings. The van der Waals surface area contributed by atoms with Crippen LogP contribution < -0.4 is 5.56 Å². The number of rotatable bonds is 3. The molecule has 0 unspecified atom stereocenters. The highest BCUT2D eigenvalue weighted by atomic mass is 19.1. The average Bonchev–Trinajstić information content (AvgIpc) is 3.03. The van der Waals surface area contributed by atoms with E-state index in [2.05, 4.69) is 25.5 Å². The number of hydrogen-bond donors (Lipinski definition) is 0. The van der Waals surface area contributed by atoms with E-state index < -0.39 is 11.6 Å². The molecule has 1 aromatic carbocycles. The lowest BCUT2D eigenvalue weighted by Crippen LogP contribution is -2.37. The molecular weight excluding hydrogens is 346 g/mol. The molecular formula is C22H26F2N2O. The van der Waals surface area contributed by atoms with Gasteiger partial charge in [0, 0.05) is 23.6 Å². The minimum Gasteiger partial charge on any atom is -0.281 e. The van der Waals surface area contributed by atoms with Crippen LogP contribution in [0.2, 0.25) is 0 Å². The van der Waals surface area contributed by atoms with Gasteiger partial charge in [-0.15, -0.1) is 0 Å². The molecule has 3 nitrogen and oxygen atoms in total. The van der Waals surface area contributed by atoms with Crippen LogP contribution >= 0.6 is 0 Å². The Balaban J connectivity index is 1.78. The van der Waals surface area contributed by atoms with Crippen LogP contribution in [-0.4, -0.2) is 9.36 Å². The molecule has 0 spiro atoms. The van der Waals surface area contributed by atoms with Gasteiger partial charge in [0.05, 0.1) is 5.69 Å². The van der Waals surface area contributed by atoms with Crippen LogP contribution in [0.15, 0.2) is 23.0 Å². The molecule has 27 heavy (non-hydrogen) atoms. The van der Waals surface area contributed by atoms with Crippen LogP contribution in [0.4, 0.5) is 8.78 Å². The molecule has 0 N–H and O–H groups in total. The van der Waals surface area contributed by atoms with E-state index in [0.717, 1.165) is 49.6 Å². The Labute approximate surface area is 158 Å². The predicted molar refractivity (Wildman–Crippen MR) is 100 cm³/mol. The Kier molecular flexibility index (Phi) is 3.40. The van der Waals surface area contributed by atoms with E-state index >= 15 is 0 Å². The highest BCUT2D eigenvalue weighted by Gasteiger charge is 2.63. The first kappa shape index (κ1) is 17.2. The van der Waals surface area contributed by atoms with E-state index in [1.165, 1.54) is 23.2 Å². The second-order valence-electron chi connectivity index (χ2n) is 9.50. The Morgan fingerprint density at radius 2 is 1.89 bits per heavy atom. The molecule has 3 aliphatic carbocycles. The zero-order chi connectivity index (χ0) is 19.1. The lowest BCUT2D eigenvalue weighted by Gasteiger charge is -2.37. The van der Waals surface area contributed by atoms with Crippen LogP contribution in [-0.2, 0) is 12.0 Å². The molecule has 144 valence electrons. The van der Waals surface area contributed by atoms with Crippen molar-refractivity contribution in [2.75, 3.05) is 0 Å². The highest BCUT2D eigenvalue weighted by molar-refractivity contribution is 5.47. The van der Waals surface area contributed by atoms with Crippen molar-refractivity contribution in [1.29, 1.82) is 0 Å². The van der Waals surface area contributed by atoms with Gasteiger partial charge in [-0.2, -0.15) is 0 Å². The van der Waals surface area contributed by atoms with Crippen LogP contribution in [0.1, 0.15) is 70.1 Å². The summed E-state index contributed by atoms with van der Waals surface area (Å²) in [5, 5.41) is 0. The summed E-state index contributed by atoms with van der Waals surface area (Å²) < 4.78 is 31.7. The molecule has 5 rings (SSSR count). The van der Waals surface area contributed by atoms with Crippen molar-refractivity contribution in [2.24, 2.45) is 11.3 Å². The molecule has 2 bridgehead atoms. The maximum Gasteiger partial charge on any atom is 0.275 e. The summed E-state index contributed by atoms with van der Waals surface area (Å²) in [6.07, 6.45) is 5.57. The first-order chi connectivity index (χ1) is 12.8. The number of hydrogen-bond acceptors (Lipinski definition) is 1. The van der Waals surface area contributed by atoms with Crippen molar-refractivity contribution < 1.29 is 8.78 Å². The summed E-state index contributed by atoms with van der Waals surface area (Å²) >= 11 is 0. The van der Waals surface area contributed by atoms with Crippen molar-refractivity contribution in [1.82, 2.24) is 9.36 Å². The lowest BCUT2D eigenvalue weighted by molar-refractivity contribution is 0.199. The summed E-state index contributed by atoms with van der Waals surface area (Å²) in [7, 11) is 0. The van der Waals surface area contributed by atoms with Crippen molar-refractivity contribution in [2.45, 2.75) is 70.8 Å². The number of aromatic nitrogens is 2. The van der Waals surface area contributed by atoms with E-state index in [0.29, 0.717) is 5.92 Å². The monoisotopic (exact) mass is 372 g/mol. The molecule has 5 heteroatoms. The van der Waals surface area contributed by atoms with Crippen LogP contribution in [0.25, 0.3) is 5.69 Å². The van der Waals surface area contributed by atoms with Crippen molar-refractivity contribution in [3.8, 4) is 5.69 Å². The fourth-order valence-corrected chi connectivity index (χ4v) is 5.87. The minimum atomic E-state index is -0.681. The Morgan fingerprint density at radius 1 is 1.15 bits per heavy atom. The summed E-state index contributed by atoms with van der Waals surface area (Å²) in [6, 6.07) is 3.50. The standard InChI is InChI=1S/C22H26F2N2O/c1-21(2)15-9-10-22(21,3)19-18(15)20(27)26(25(19)12-13-5-4-6-13)17-8-7-14(23)11-16(17)24/h7-8,11,13,15H,4-6,9-10,12H2,1-3H3/t15-,22+/m1/s1. The molecule has 3 aliphatic rings. The molecule has 0 saturated heterocycles. The van der Waals surface area contributed by atoms with Crippen LogP contribution in [0.5, 0.6) is 0 Å². The van der Waals surface area contributed by atoms with Gasteiger partial charge in [-0.05, 0) is 55.1 Å². The molecule has 2 saturated carbocycles. The van der Waals surface area contributed by atoms with Gasteiger partial charge in [-0.3, -0.25) is 9.48 Å². The number of fused-ring (bicyclic) bond motifs is 5. The van der Waals surface area contributed by atoms with Gasteiger partial charge in [0.25, 0.3) is 5.56 Å². The summed E-state index contributed by atoms with van der Waals surface area (Å²) in [4.78, 5) is 13.5. The largest absolute Gasteiger partial charge is 0.281 e. The maximum absolute atomic E-state index is 14.6. The van der Waals surface area contributed by atoms with E-state index in [9.17, 15) is 13.6 Å². The number of benzene rings is 1. The second-order valence-corrected chi connectivity index (χ2v) is 9.50. The molecule has 0 amide bonds.